The first kappa shape index (κ1) is 15.1. The number of hydrogen-bond acceptors (Lipinski definition) is 5. The van der Waals surface area contributed by atoms with Crippen LogP contribution in [0.3, 0.4) is 0 Å². The van der Waals surface area contributed by atoms with Crippen LogP contribution < -0.4 is 4.74 Å². The van der Waals surface area contributed by atoms with E-state index < -0.39 is 15.4 Å². The van der Waals surface area contributed by atoms with Gasteiger partial charge in [-0.25, -0.2) is 8.42 Å². The molecule has 1 aromatic rings. The van der Waals surface area contributed by atoms with Gasteiger partial charge in [0, 0.05) is 6.42 Å². The molecule has 0 N–H and O–H groups in total. The SMILES string of the molecule is COc1ccc(CS(=O)(=O)C2=NOC(C)(CCl)C2)cc1. The summed E-state index contributed by atoms with van der Waals surface area (Å²) in [5.74, 6) is 0.762. The van der Waals surface area contributed by atoms with E-state index in [1.807, 2.05) is 0 Å². The highest BCUT2D eigenvalue weighted by Gasteiger charge is 2.38. The molecule has 1 unspecified atom stereocenters. The highest BCUT2D eigenvalue weighted by atomic mass is 35.5. The molecule has 7 heteroatoms. The zero-order chi connectivity index (χ0) is 14.8. The number of halogens is 1. The Hall–Kier alpha value is -1.27. The van der Waals surface area contributed by atoms with E-state index in [4.69, 9.17) is 21.2 Å². The highest BCUT2D eigenvalue weighted by Crippen LogP contribution is 2.28. The molecule has 0 radical (unpaired) electrons. The number of hydrogen-bond donors (Lipinski definition) is 0. The van der Waals surface area contributed by atoms with Crippen LogP contribution in [0.25, 0.3) is 0 Å². The van der Waals surface area contributed by atoms with Crippen LogP contribution in [0.2, 0.25) is 0 Å². The van der Waals surface area contributed by atoms with Gasteiger partial charge in [0.2, 0.25) is 0 Å². The van der Waals surface area contributed by atoms with Crippen molar-refractivity contribution in [3.63, 3.8) is 0 Å². The lowest BCUT2D eigenvalue weighted by molar-refractivity contribution is 0.0152. The second-order valence-corrected chi connectivity index (χ2v) is 7.20. The lowest BCUT2D eigenvalue weighted by atomic mass is 10.1. The fourth-order valence-corrected chi connectivity index (χ4v) is 3.43. The summed E-state index contributed by atoms with van der Waals surface area (Å²) in [6.45, 7) is 1.74. The molecule has 0 aliphatic carbocycles. The second-order valence-electron chi connectivity index (χ2n) is 4.94. The molecule has 0 amide bonds. The number of rotatable bonds is 4. The van der Waals surface area contributed by atoms with Gasteiger partial charge in [-0.3, -0.25) is 0 Å². The van der Waals surface area contributed by atoms with E-state index in [-0.39, 0.29) is 23.1 Å². The molecule has 1 atom stereocenters. The van der Waals surface area contributed by atoms with E-state index in [0.29, 0.717) is 11.3 Å². The smallest absolute Gasteiger partial charge is 0.199 e. The predicted molar refractivity (Wildman–Crippen MR) is 77.9 cm³/mol. The Morgan fingerprint density at radius 2 is 2.05 bits per heavy atom. The van der Waals surface area contributed by atoms with Gasteiger partial charge in [-0.2, -0.15) is 0 Å². The Morgan fingerprint density at radius 3 is 2.55 bits per heavy atom. The Kier molecular flexibility index (Phi) is 4.25. The number of nitrogens with zero attached hydrogens (tertiary/aromatic N) is 1. The Balaban J connectivity index is 2.12. The molecule has 0 aromatic heterocycles. The zero-order valence-corrected chi connectivity index (χ0v) is 12.9. The number of alkyl halides is 1. The summed E-state index contributed by atoms with van der Waals surface area (Å²) in [5, 5.41) is 3.73. The van der Waals surface area contributed by atoms with Gasteiger partial charge < -0.3 is 9.57 Å². The molecule has 1 aliphatic heterocycles. The quantitative estimate of drug-likeness (QED) is 0.800. The summed E-state index contributed by atoms with van der Waals surface area (Å²) in [7, 11) is -1.93. The maximum atomic E-state index is 12.3. The largest absolute Gasteiger partial charge is 0.497 e. The van der Waals surface area contributed by atoms with Crippen molar-refractivity contribution in [2.75, 3.05) is 13.0 Å². The lowest BCUT2D eigenvalue weighted by Crippen LogP contribution is -2.28. The minimum absolute atomic E-state index is 0.0523. The monoisotopic (exact) mass is 317 g/mol. The lowest BCUT2D eigenvalue weighted by Gasteiger charge is -2.16. The number of sulfone groups is 1. The summed E-state index contributed by atoms with van der Waals surface area (Å²) in [6, 6.07) is 6.88. The normalized spacial score (nSPS) is 22.2. The molecule has 1 aromatic carbocycles. The van der Waals surface area contributed by atoms with Crippen molar-refractivity contribution in [2.24, 2.45) is 5.16 Å². The van der Waals surface area contributed by atoms with E-state index in [1.54, 1.807) is 38.3 Å². The van der Waals surface area contributed by atoms with Crippen molar-refractivity contribution >= 4 is 26.5 Å². The Morgan fingerprint density at radius 1 is 1.40 bits per heavy atom. The van der Waals surface area contributed by atoms with Crippen LogP contribution in [-0.4, -0.2) is 32.1 Å². The Labute approximate surface area is 123 Å². The van der Waals surface area contributed by atoms with Crippen molar-refractivity contribution in [2.45, 2.75) is 24.7 Å². The first-order valence-electron chi connectivity index (χ1n) is 6.05. The van der Waals surface area contributed by atoms with Crippen LogP contribution >= 0.6 is 11.6 Å². The van der Waals surface area contributed by atoms with Gasteiger partial charge in [-0.1, -0.05) is 17.3 Å². The average Bonchev–Trinajstić information content (AvgIpc) is 2.84. The Bertz CT molecular complexity index is 612. The van der Waals surface area contributed by atoms with Crippen LogP contribution in [-0.2, 0) is 20.4 Å². The van der Waals surface area contributed by atoms with Crippen molar-refractivity contribution in [3.05, 3.63) is 29.8 Å². The molecular formula is C13H16ClNO4S. The molecular weight excluding hydrogens is 302 g/mol. The second kappa shape index (κ2) is 5.61. The number of oxime groups is 1. The number of methoxy groups -OCH3 is 1. The van der Waals surface area contributed by atoms with Crippen molar-refractivity contribution < 1.29 is 18.0 Å². The van der Waals surface area contributed by atoms with E-state index in [1.165, 1.54) is 0 Å². The summed E-state index contributed by atoms with van der Waals surface area (Å²) in [6.07, 6.45) is 0.203. The summed E-state index contributed by atoms with van der Waals surface area (Å²) < 4.78 is 29.6. The average molecular weight is 318 g/mol. The molecule has 2 rings (SSSR count). The summed E-state index contributed by atoms with van der Waals surface area (Å²) in [4.78, 5) is 5.12. The molecule has 1 aliphatic rings. The third-order valence-electron chi connectivity index (χ3n) is 3.05. The molecule has 0 bridgehead atoms. The van der Waals surface area contributed by atoms with Gasteiger partial charge in [0.25, 0.3) is 0 Å². The van der Waals surface area contributed by atoms with Gasteiger partial charge in [0.05, 0.1) is 18.7 Å². The van der Waals surface area contributed by atoms with E-state index in [2.05, 4.69) is 5.16 Å². The van der Waals surface area contributed by atoms with Crippen molar-refractivity contribution in [1.29, 1.82) is 0 Å². The molecule has 20 heavy (non-hydrogen) atoms. The van der Waals surface area contributed by atoms with E-state index in [9.17, 15) is 8.42 Å². The third-order valence-corrected chi connectivity index (χ3v) is 5.27. The standard InChI is InChI=1S/C13H16ClNO4S/c1-13(9-14)7-12(15-19-13)20(16,17)8-10-3-5-11(18-2)6-4-10/h3-6H,7-9H2,1-2H3. The van der Waals surface area contributed by atoms with Gasteiger partial charge in [0.1, 0.15) is 5.75 Å². The minimum atomic E-state index is -3.49. The van der Waals surface area contributed by atoms with Gasteiger partial charge in [-0.15, -0.1) is 11.6 Å². The highest BCUT2D eigenvalue weighted by molar-refractivity contribution is 8.05. The first-order valence-corrected chi connectivity index (χ1v) is 8.24. The molecule has 110 valence electrons. The van der Waals surface area contributed by atoms with Gasteiger partial charge in [-0.05, 0) is 24.6 Å². The maximum absolute atomic E-state index is 12.3. The topological polar surface area (TPSA) is 65.0 Å². The molecule has 0 saturated heterocycles. The molecule has 1 heterocycles. The van der Waals surface area contributed by atoms with Crippen LogP contribution in [0.5, 0.6) is 5.75 Å². The van der Waals surface area contributed by atoms with Crippen LogP contribution in [0, 0.1) is 0 Å². The van der Waals surface area contributed by atoms with Crippen LogP contribution in [0.1, 0.15) is 18.9 Å². The molecule has 0 saturated carbocycles. The fraction of sp³-hybridized carbons (Fsp3) is 0.462. The number of ether oxygens (including phenoxy) is 1. The maximum Gasteiger partial charge on any atom is 0.199 e. The fourth-order valence-electron chi connectivity index (χ4n) is 1.81. The number of benzene rings is 1. The molecule has 0 fully saturated rings. The first-order chi connectivity index (χ1) is 9.38. The minimum Gasteiger partial charge on any atom is -0.497 e. The van der Waals surface area contributed by atoms with E-state index in [0.717, 1.165) is 0 Å². The van der Waals surface area contributed by atoms with Crippen LogP contribution in [0.15, 0.2) is 29.4 Å². The van der Waals surface area contributed by atoms with E-state index >= 15 is 0 Å². The predicted octanol–water partition coefficient (Wildman–Crippen LogP) is 2.34. The van der Waals surface area contributed by atoms with Crippen molar-refractivity contribution in [1.82, 2.24) is 0 Å². The summed E-state index contributed by atoms with van der Waals surface area (Å²) in [5.41, 5.74) is -0.0582. The summed E-state index contributed by atoms with van der Waals surface area (Å²) >= 11 is 5.75. The van der Waals surface area contributed by atoms with Crippen molar-refractivity contribution in [3.8, 4) is 5.75 Å². The van der Waals surface area contributed by atoms with Crippen LogP contribution in [0.4, 0.5) is 0 Å². The zero-order valence-electron chi connectivity index (χ0n) is 11.3. The third kappa shape index (κ3) is 3.24. The molecule has 5 nitrogen and oxygen atoms in total. The molecule has 0 spiro atoms. The van der Waals surface area contributed by atoms with Gasteiger partial charge in [0.15, 0.2) is 20.5 Å². The van der Waals surface area contributed by atoms with Gasteiger partial charge >= 0.3 is 0 Å².